The Morgan fingerprint density at radius 1 is 0.800 bits per heavy atom. The van der Waals surface area contributed by atoms with Crippen molar-refractivity contribution in [3.8, 4) is 0 Å². The second-order valence-electron chi connectivity index (χ2n) is 7.75. The monoisotopic (exact) mass is 428 g/mol. The number of benzene rings is 2. The summed E-state index contributed by atoms with van der Waals surface area (Å²) in [7, 11) is -3.74. The molecule has 1 aliphatic heterocycles. The second kappa shape index (κ2) is 7.41. The lowest BCUT2D eigenvalue weighted by molar-refractivity contribution is 0.384. The van der Waals surface area contributed by atoms with Crippen molar-refractivity contribution in [3.63, 3.8) is 0 Å². The standard InChI is InChI=1S/C21H24N4O4S/c1-13-4-5-14(2)18(10-13)24-6-8-25(9-7-24)30(28,29)19-12-17-16(11-15(19)3)22-20(26)21(27)23-17/h4-5,10-12H,6-9H2,1-3H3,(H,22,26)(H,23,27). The van der Waals surface area contributed by atoms with Crippen molar-refractivity contribution in [2.75, 3.05) is 31.1 Å². The maximum atomic E-state index is 13.3. The summed E-state index contributed by atoms with van der Waals surface area (Å²) < 4.78 is 28.1. The predicted octanol–water partition coefficient (Wildman–Crippen LogP) is 1.65. The van der Waals surface area contributed by atoms with E-state index in [0.29, 0.717) is 37.3 Å². The number of anilines is 1. The summed E-state index contributed by atoms with van der Waals surface area (Å²) in [5.74, 6) is 0. The van der Waals surface area contributed by atoms with E-state index in [9.17, 15) is 18.0 Å². The lowest BCUT2D eigenvalue weighted by Gasteiger charge is -2.36. The Labute approximate surface area is 174 Å². The normalized spacial score (nSPS) is 15.6. The fourth-order valence-corrected chi connectivity index (χ4v) is 5.55. The topological polar surface area (TPSA) is 106 Å². The molecule has 0 aliphatic carbocycles. The lowest BCUT2D eigenvalue weighted by Crippen LogP contribution is -2.49. The van der Waals surface area contributed by atoms with Crippen LogP contribution in [0.1, 0.15) is 16.7 Å². The van der Waals surface area contributed by atoms with E-state index in [-0.39, 0.29) is 10.4 Å². The highest BCUT2D eigenvalue weighted by Gasteiger charge is 2.30. The van der Waals surface area contributed by atoms with Gasteiger partial charge in [-0.05, 0) is 55.7 Å². The number of H-pyrrole nitrogens is 2. The highest BCUT2D eigenvalue weighted by Crippen LogP contribution is 2.27. The molecule has 0 spiro atoms. The number of aryl methyl sites for hydroxylation is 3. The molecule has 4 rings (SSSR count). The van der Waals surface area contributed by atoms with Crippen LogP contribution in [0, 0.1) is 20.8 Å². The molecule has 3 aromatic rings. The van der Waals surface area contributed by atoms with Crippen molar-refractivity contribution in [2.45, 2.75) is 25.7 Å². The molecular weight excluding hydrogens is 404 g/mol. The first-order valence-corrected chi connectivity index (χ1v) is 11.2. The molecule has 0 radical (unpaired) electrons. The molecule has 0 atom stereocenters. The molecule has 9 heteroatoms. The molecular formula is C21H24N4O4S. The average Bonchev–Trinajstić information content (AvgIpc) is 2.70. The number of fused-ring (bicyclic) bond motifs is 1. The highest BCUT2D eigenvalue weighted by atomic mass is 32.2. The van der Waals surface area contributed by atoms with Crippen LogP contribution in [-0.4, -0.2) is 48.9 Å². The van der Waals surface area contributed by atoms with Gasteiger partial charge in [0.15, 0.2) is 0 Å². The Hall–Kier alpha value is -2.91. The molecule has 30 heavy (non-hydrogen) atoms. The smallest absolute Gasteiger partial charge is 0.314 e. The van der Waals surface area contributed by atoms with Gasteiger partial charge in [-0.3, -0.25) is 9.59 Å². The van der Waals surface area contributed by atoms with E-state index in [1.165, 1.54) is 21.5 Å². The molecule has 2 N–H and O–H groups in total. The molecule has 2 heterocycles. The summed E-state index contributed by atoms with van der Waals surface area (Å²) in [6, 6.07) is 9.28. The van der Waals surface area contributed by atoms with Crippen molar-refractivity contribution >= 4 is 26.7 Å². The zero-order chi connectivity index (χ0) is 21.6. The summed E-state index contributed by atoms with van der Waals surface area (Å²) in [5.41, 5.74) is 3.10. The van der Waals surface area contributed by atoms with Gasteiger partial charge in [0.05, 0.1) is 15.9 Å². The zero-order valence-electron chi connectivity index (χ0n) is 17.2. The molecule has 1 aromatic heterocycles. The van der Waals surface area contributed by atoms with E-state index in [0.717, 1.165) is 5.69 Å². The Kier molecular flexibility index (Phi) is 5.03. The maximum absolute atomic E-state index is 13.3. The van der Waals surface area contributed by atoms with Crippen LogP contribution < -0.4 is 16.0 Å². The third-order valence-corrected chi connectivity index (χ3v) is 7.62. The Morgan fingerprint density at radius 2 is 1.40 bits per heavy atom. The Balaban J connectivity index is 1.63. The third-order valence-electron chi connectivity index (χ3n) is 5.58. The van der Waals surface area contributed by atoms with Crippen LogP contribution in [0.3, 0.4) is 0 Å². The van der Waals surface area contributed by atoms with E-state index in [4.69, 9.17) is 0 Å². The van der Waals surface area contributed by atoms with Crippen LogP contribution in [-0.2, 0) is 10.0 Å². The molecule has 1 fully saturated rings. The summed E-state index contributed by atoms with van der Waals surface area (Å²) >= 11 is 0. The van der Waals surface area contributed by atoms with Crippen LogP contribution in [0.5, 0.6) is 0 Å². The number of piperazine rings is 1. The van der Waals surface area contributed by atoms with Gasteiger partial charge in [-0.15, -0.1) is 0 Å². The number of aromatic nitrogens is 2. The fraction of sp³-hybridized carbons (Fsp3) is 0.333. The van der Waals surface area contributed by atoms with Crippen molar-refractivity contribution in [2.24, 2.45) is 0 Å². The zero-order valence-corrected chi connectivity index (χ0v) is 18.0. The first-order chi connectivity index (χ1) is 14.2. The number of sulfonamides is 1. The summed E-state index contributed by atoms with van der Waals surface area (Å²) in [6.45, 7) is 7.72. The van der Waals surface area contributed by atoms with Gasteiger partial charge >= 0.3 is 11.1 Å². The number of hydrogen-bond donors (Lipinski definition) is 2. The molecule has 0 bridgehead atoms. The van der Waals surface area contributed by atoms with Gasteiger partial charge in [0, 0.05) is 31.9 Å². The average molecular weight is 429 g/mol. The van der Waals surface area contributed by atoms with Crippen LogP contribution in [0.4, 0.5) is 5.69 Å². The summed E-state index contributed by atoms with van der Waals surface area (Å²) in [6.07, 6.45) is 0. The number of nitrogens with zero attached hydrogens (tertiary/aromatic N) is 2. The number of aromatic amines is 2. The molecule has 0 unspecified atom stereocenters. The highest BCUT2D eigenvalue weighted by molar-refractivity contribution is 7.89. The minimum atomic E-state index is -3.74. The van der Waals surface area contributed by atoms with Crippen molar-refractivity contribution in [1.82, 2.24) is 14.3 Å². The maximum Gasteiger partial charge on any atom is 0.314 e. The molecule has 8 nitrogen and oxygen atoms in total. The third kappa shape index (κ3) is 3.54. The van der Waals surface area contributed by atoms with Crippen LogP contribution in [0.25, 0.3) is 11.0 Å². The van der Waals surface area contributed by atoms with E-state index in [1.807, 2.05) is 6.92 Å². The summed E-state index contributed by atoms with van der Waals surface area (Å²) in [5, 5.41) is 0. The molecule has 158 valence electrons. The van der Waals surface area contributed by atoms with Gasteiger partial charge in [0.1, 0.15) is 0 Å². The minimum absolute atomic E-state index is 0.137. The van der Waals surface area contributed by atoms with Gasteiger partial charge in [-0.25, -0.2) is 8.42 Å². The SMILES string of the molecule is Cc1ccc(C)c(N2CCN(S(=O)(=O)c3cc4[nH]c(=O)c(=O)[nH]c4cc3C)CC2)c1. The van der Waals surface area contributed by atoms with Crippen LogP contribution in [0.2, 0.25) is 0 Å². The second-order valence-corrected chi connectivity index (χ2v) is 9.66. The van der Waals surface area contributed by atoms with Gasteiger partial charge < -0.3 is 14.9 Å². The number of hydrogen-bond acceptors (Lipinski definition) is 5. The first kappa shape index (κ1) is 20.4. The van der Waals surface area contributed by atoms with E-state index >= 15 is 0 Å². The Morgan fingerprint density at radius 3 is 2.03 bits per heavy atom. The Bertz CT molecular complexity index is 1350. The molecule has 2 aromatic carbocycles. The van der Waals surface area contributed by atoms with Gasteiger partial charge in [0.25, 0.3) is 0 Å². The lowest BCUT2D eigenvalue weighted by atomic mass is 10.1. The predicted molar refractivity (Wildman–Crippen MR) is 117 cm³/mol. The molecule has 0 saturated carbocycles. The van der Waals surface area contributed by atoms with Crippen molar-refractivity contribution < 1.29 is 8.42 Å². The summed E-state index contributed by atoms with van der Waals surface area (Å²) in [4.78, 5) is 30.4. The number of rotatable bonds is 3. The fourth-order valence-electron chi connectivity index (χ4n) is 3.90. The largest absolute Gasteiger partial charge is 0.369 e. The van der Waals surface area contributed by atoms with Crippen LogP contribution >= 0.6 is 0 Å². The van der Waals surface area contributed by atoms with E-state index in [2.05, 4.69) is 40.0 Å². The minimum Gasteiger partial charge on any atom is -0.369 e. The van der Waals surface area contributed by atoms with Crippen LogP contribution in [0.15, 0.2) is 44.8 Å². The molecule has 1 saturated heterocycles. The van der Waals surface area contributed by atoms with E-state index < -0.39 is 21.1 Å². The van der Waals surface area contributed by atoms with Gasteiger partial charge in [-0.2, -0.15) is 4.31 Å². The quantitative estimate of drug-likeness (QED) is 0.617. The van der Waals surface area contributed by atoms with Gasteiger partial charge in [0.2, 0.25) is 10.0 Å². The number of nitrogens with one attached hydrogen (secondary N) is 2. The van der Waals surface area contributed by atoms with Gasteiger partial charge in [-0.1, -0.05) is 12.1 Å². The first-order valence-electron chi connectivity index (χ1n) is 9.76. The molecule has 0 amide bonds. The molecule has 1 aliphatic rings. The van der Waals surface area contributed by atoms with Crippen molar-refractivity contribution in [1.29, 1.82) is 0 Å². The van der Waals surface area contributed by atoms with Crippen molar-refractivity contribution in [3.05, 3.63) is 67.7 Å². The van der Waals surface area contributed by atoms with E-state index in [1.54, 1.807) is 13.0 Å².